The number of benzene rings is 2. The van der Waals surface area contributed by atoms with E-state index in [-0.39, 0.29) is 12.0 Å². The molecule has 0 radical (unpaired) electrons. The number of rotatable bonds is 10. The van der Waals surface area contributed by atoms with Crippen molar-refractivity contribution < 1.29 is 23.6 Å². The van der Waals surface area contributed by atoms with Crippen molar-refractivity contribution in [2.45, 2.75) is 71.4 Å². The predicted molar refractivity (Wildman–Crippen MR) is 216 cm³/mol. The summed E-state index contributed by atoms with van der Waals surface area (Å²) in [7, 11) is -0.973. The molecular formula is C40H57N8O5P. The van der Waals surface area contributed by atoms with Crippen molar-refractivity contribution in [3.8, 4) is 5.75 Å². The van der Waals surface area contributed by atoms with Gasteiger partial charge in [-0.2, -0.15) is 4.98 Å². The van der Waals surface area contributed by atoms with Gasteiger partial charge in [-0.25, -0.2) is 9.78 Å². The third-order valence-electron chi connectivity index (χ3n) is 10.5. The summed E-state index contributed by atoms with van der Waals surface area (Å²) in [6, 6.07) is 12.1. The Kier molecular flexibility index (Phi) is 12.1. The zero-order chi connectivity index (χ0) is 38.6. The van der Waals surface area contributed by atoms with Gasteiger partial charge in [0.2, 0.25) is 5.95 Å². The van der Waals surface area contributed by atoms with Gasteiger partial charge >= 0.3 is 6.09 Å². The fraction of sp³-hybridized carbons (Fsp3) is 0.550. The lowest BCUT2D eigenvalue weighted by molar-refractivity contribution is 0.00900. The molecule has 0 saturated carbocycles. The normalized spacial score (nSPS) is 17.4. The summed E-state index contributed by atoms with van der Waals surface area (Å²) in [4.78, 5) is 44.3. The lowest BCUT2D eigenvalue weighted by atomic mass is 9.99. The number of nitrogens with zero attached hydrogens (tertiary/aromatic N) is 6. The van der Waals surface area contributed by atoms with Gasteiger partial charge in [0.05, 0.1) is 18.5 Å². The van der Waals surface area contributed by atoms with E-state index < -0.39 is 12.7 Å². The number of aryl methyl sites for hydroxylation is 1. The van der Waals surface area contributed by atoms with Gasteiger partial charge in [0.25, 0.3) is 5.91 Å². The number of likely N-dealkylation sites (tertiary alicyclic amines) is 1. The minimum atomic E-state index is -2.63. The van der Waals surface area contributed by atoms with Crippen LogP contribution in [0.5, 0.6) is 5.75 Å². The highest BCUT2D eigenvalue weighted by Crippen LogP contribution is 2.40. The first-order valence-electron chi connectivity index (χ1n) is 19.3. The quantitative estimate of drug-likeness (QED) is 0.219. The van der Waals surface area contributed by atoms with E-state index in [4.69, 9.17) is 14.5 Å². The molecule has 0 atom stereocenters. The summed E-state index contributed by atoms with van der Waals surface area (Å²) in [6.45, 7) is 17.7. The van der Waals surface area contributed by atoms with E-state index in [0.717, 1.165) is 69.7 Å². The summed E-state index contributed by atoms with van der Waals surface area (Å²) in [5.74, 6) is 1.20. The van der Waals surface area contributed by atoms with Crippen LogP contribution in [0, 0.1) is 0 Å². The van der Waals surface area contributed by atoms with Crippen LogP contribution in [0.25, 0.3) is 0 Å². The van der Waals surface area contributed by atoms with Crippen LogP contribution in [0.15, 0.2) is 42.6 Å². The Labute approximate surface area is 320 Å². The maximum atomic E-state index is 13.7. The Morgan fingerprint density at radius 2 is 1.59 bits per heavy atom. The smallest absolute Gasteiger partial charge is 0.410 e. The molecule has 3 aromatic rings. The zero-order valence-corrected chi connectivity index (χ0v) is 33.9. The van der Waals surface area contributed by atoms with Crippen molar-refractivity contribution in [1.82, 2.24) is 24.7 Å². The Morgan fingerprint density at radius 1 is 0.907 bits per heavy atom. The van der Waals surface area contributed by atoms with E-state index in [1.165, 1.54) is 5.56 Å². The van der Waals surface area contributed by atoms with E-state index in [9.17, 15) is 14.2 Å². The van der Waals surface area contributed by atoms with Gasteiger partial charge in [0.1, 0.15) is 29.9 Å². The first-order valence-corrected chi connectivity index (χ1v) is 21.9. The molecule has 1 aromatic heterocycles. The highest BCUT2D eigenvalue weighted by molar-refractivity contribution is 7.70. The standard InChI is InChI=1S/C40H57N8O5P/c1-8-28-25-32(34(52-5)26-33(28)46-19-15-29(16-20-46)45-21-23-48(24-22-45)39(50)53-40(2,3)4)43-38-41-27-30(37(49)47-17-11-12-18-47)36(44-38)42-31-13-9-10-14-35(31)54(6,7)51/h9-10,13-14,25-27,29H,8,11-12,15-24H2,1-7H3,(H2,41,42,43,44). The van der Waals surface area contributed by atoms with Crippen LogP contribution >= 0.6 is 7.14 Å². The molecule has 3 saturated heterocycles. The third-order valence-corrected chi connectivity index (χ3v) is 12.0. The molecular weight excluding hydrogens is 703 g/mol. The highest BCUT2D eigenvalue weighted by Gasteiger charge is 2.32. The Balaban J connectivity index is 1.18. The number of methoxy groups -OCH3 is 1. The highest BCUT2D eigenvalue weighted by atomic mass is 31.2. The molecule has 6 rings (SSSR count). The number of para-hydroxylation sites is 1. The average molecular weight is 761 g/mol. The van der Waals surface area contributed by atoms with E-state index in [1.807, 2.05) is 54.8 Å². The monoisotopic (exact) mass is 760 g/mol. The lowest BCUT2D eigenvalue weighted by Crippen LogP contribution is -2.55. The van der Waals surface area contributed by atoms with E-state index in [2.05, 4.69) is 44.5 Å². The molecule has 0 bridgehead atoms. The summed E-state index contributed by atoms with van der Waals surface area (Å²) in [5, 5.41) is 7.42. The largest absolute Gasteiger partial charge is 0.494 e. The van der Waals surface area contributed by atoms with Crippen LogP contribution in [-0.2, 0) is 15.7 Å². The molecule has 13 nitrogen and oxygen atoms in total. The average Bonchev–Trinajstić information content (AvgIpc) is 3.69. The Morgan fingerprint density at radius 3 is 2.22 bits per heavy atom. The van der Waals surface area contributed by atoms with E-state index in [1.54, 1.807) is 26.6 Å². The number of carbonyl (C=O) groups is 2. The van der Waals surface area contributed by atoms with Gasteiger partial charge in [-0.05, 0) is 90.0 Å². The fourth-order valence-corrected chi connectivity index (χ4v) is 8.76. The van der Waals surface area contributed by atoms with Gasteiger partial charge in [-0.15, -0.1) is 0 Å². The maximum absolute atomic E-state index is 13.7. The molecule has 4 heterocycles. The van der Waals surface area contributed by atoms with Gasteiger partial charge in [-0.1, -0.05) is 19.1 Å². The molecule has 2 amide bonds. The number of carbonyl (C=O) groups excluding carboxylic acids is 2. The van der Waals surface area contributed by atoms with Gasteiger partial charge in [-0.3, -0.25) is 9.69 Å². The minimum absolute atomic E-state index is 0.128. The summed E-state index contributed by atoms with van der Waals surface area (Å²) < 4.78 is 24.7. The number of aromatic nitrogens is 2. The number of piperazine rings is 1. The third kappa shape index (κ3) is 9.29. The van der Waals surface area contributed by atoms with Crippen molar-refractivity contribution in [3.63, 3.8) is 0 Å². The van der Waals surface area contributed by atoms with Crippen molar-refractivity contribution in [2.75, 3.05) is 88.3 Å². The zero-order valence-electron chi connectivity index (χ0n) is 33.0. The molecule has 3 aliphatic heterocycles. The van der Waals surface area contributed by atoms with Crippen LogP contribution in [0.1, 0.15) is 69.3 Å². The van der Waals surface area contributed by atoms with Crippen molar-refractivity contribution in [3.05, 3.63) is 53.7 Å². The molecule has 0 unspecified atom stereocenters. The van der Waals surface area contributed by atoms with E-state index in [0.29, 0.717) is 66.3 Å². The van der Waals surface area contributed by atoms with Gasteiger partial charge in [0.15, 0.2) is 0 Å². The first kappa shape index (κ1) is 39.3. The molecule has 3 fully saturated rings. The lowest BCUT2D eigenvalue weighted by Gasteiger charge is -2.43. The van der Waals surface area contributed by atoms with Crippen LogP contribution in [0.3, 0.4) is 0 Å². The number of nitrogens with one attached hydrogen (secondary N) is 2. The second-order valence-corrected chi connectivity index (χ2v) is 19.0. The summed E-state index contributed by atoms with van der Waals surface area (Å²) in [6.07, 6.45) is 6.18. The first-order chi connectivity index (χ1) is 25.7. The maximum Gasteiger partial charge on any atom is 0.410 e. The van der Waals surface area contributed by atoms with Crippen molar-refractivity contribution in [1.29, 1.82) is 0 Å². The summed E-state index contributed by atoms with van der Waals surface area (Å²) >= 11 is 0. The molecule has 0 spiro atoms. The predicted octanol–water partition coefficient (Wildman–Crippen LogP) is 6.54. The van der Waals surface area contributed by atoms with Crippen molar-refractivity contribution in [2.24, 2.45) is 0 Å². The van der Waals surface area contributed by atoms with Crippen LogP contribution in [0.4, 0.5) is 33.6 Å². The molecule has 54 heavy (non-hydrogen) atoms. The van der Waals surface area contributed by atoms with Crippen LogP contribution < -0.4 is 25.6 Å². The molecule has 14 heteroatoms. The topological polar surface area (TPSA) is 132 Å². The van der Waals surface area contributed by atoms with Crippen molar-refractivity contribution >= 4 is 53.3 Å². The van der Waals surface area contributed by atoms with E-state index >= 15 is 0 Å². The minimum Gasteiger partial charge on any atom is -0.494 e. The number of hydrogen-bond acceptors (Lipinski definition) is 11. The number of anilines is 5. The number of amides is 2. The SMILES string of the molecule is CCc1cc(Nc2ncc(C(=O)N3CCCC3)c(Nc3ccccc3P(C)(C)=O)n2)c(OC)cc1N1CCC(N2CCN(C(=O)OC(C)(C)C)CC2)CC1. The number of piperidine rings is 1. The van der Waals surface area contributed by atoms with Crippen LogP contribution in [0.2, 0.25) is 0 Å². The number of hydrogen-bond donors (Lipinski definition) is 2. The number of ether oxygens (including phenoxy) is 2. The van der Waals surface area contributed by atoms with Gasteiger partial charge in [0, 0.05) is 81.7 Å². The second kappa shape index (κ2) is 16.6. The summed E-state index contributed by atoms with van der Waals surface area (Å²) in [5.41, 5.74) is 3.58. The molecule has 292 valence electrons. The molecule has 2 aromatic carbocycles. The molecule has 3 aliphatic rings. The fourth-order valence-electron chi connectivity index (χ4n) is 7.61. The van der Waals surface area contributed by atoms with Gasteiger partial charge < -0.3 is 39.4 Å². The van der Waals surface area contributed by atoms with Crippen LogP contribution in [-0.4, -0.2) is 121 Å². The Hall–Kier alpha value is -4.35. The molecule has 2 N–H and O–H groups in total. The molecule has 0 aliphatic carbocycles. The Bertz CT molecular complexity index is 1860. The second-order valence-electron chi connectivity index (χ2n) is 15.8.